The van der Waals surface area contributed by atoms with Crippen LogP contribution >= 0.6 is 0 Å². The van der Waals surface area contributed by atoms with Crippen LogP contribution in [-0.2, 0) is 23.0 Å². The molecular formula is C17H28N2O2S. The van der Waals surface area contributed by atoms with Crippen LogP contribution in [0.1, 0.15) is 38.3 Å². The van der Waals surface area contributed by atoms with Gasteiger partial charge in [-0.2, -0.15) is 0 Å². The minimum atomic E-state index is -3.14. The van der Waals surface area contributed by atoms with E-state index in [0.717, 1.165) is 32.5 Å². The van der Waals surface area contributed by atoms with Crippen LogP contribution in [0.2, 0.25) is 0 Å². The summed E-state index contributed by atoms with van der Waals surface area (Å²) in [6, 6.07) is 8.59. The van der Waals surface area contributed by atoms with Gasteiger partial charge in [0.15, 0.2) is 0 Å². The molecule has 0 spiro atoms. The quantitative estimate of drug-likeness (QED) is 0.838. The van der Waals surface area contributed by atoms with Gasteiger partial charge in [-0.15, -0.1) is 0 Å². The van der Waals surface area contributed by atoms with Gasteiger partial charge in [-0.1, -0.05) is 31.2 Å². The van der Waals surface area contributed by atoms with Crippen molar-refractivity contribution < 1.29 is 8.42 Å². The number of sulfonamides is 1. The van der Waals surface area contributed by atoms with Crippen molar-refractivity contribution >= 4 is 10.0 Å². The third kappa shape index (κ3) is 4.54. The van der Waals surface area contributed by atoms with Crippen LogP contribution in [0.4, 0.5) is 0 Å². The lowest BCUT2D eigenvalue weighted by Gasteiger charge is -2.18. The molecule has 1 aliphatic heterocycles. The smallest absolute Gasteiger partial charge is 0.213 e. The van der Waals surface area contributed by atoms with Crippen molar-refractivity contribution in [1.82, 2.24) is 9.62 Å². The molecule has 4 nitrogen and oxygen atoms in total. The molecule has 1 aromatic carbocycles. The molecule has 1 aromatic rings. The van der Waals surface area contributed by atoms with Gasteiger partial charge in [0.05, 0.1) is 5.25 Å². The molecule has 22 heavy (non-hydrogen) atoms. The number of rotatable bonds is 7. The predicted molar refractivity (Wildman–Crippen MR) is 91.3 cm³/mol. The van der Waals surface area contributed by atoms with Crippen LogP contribution in [0.15, 0.2) is 24.3 Å². The summed E-state index contributed by atoms with van der Waals surface area (Å²) in [5.41, 5.74) is 2.81. The molecule has 1 N–H and O–H groups in total. The highest BCUT2D eigenvalue weighted by Crippen LogP contribution is 2.20. The first-order valence-corrected chi connectivity index (χ1v) is 9.74. The van der Waals surface area contributed by atoms with Crippen LogP contribution in [0.25, 0.3) is 0 Å². The molecule has 5 heteroatoms. The highest BCUT2D eigenvalue weighted by atomic mass is 32.2. The van der Waals surface area contributed by atoms with E-state index in [4.69, 9.17) is 0 Å². The fourth-order valence-electron chi connectivity index (χ4n) is 2.92. The zero-order chi connectivity index (χ0) is 16.2. The zero-order valence-corrected chi connectivity index (χ0v) is 14.7. The Bertz CT molecular complexity index is 584. The molecule has 0 amide bonds. The van der Waals surface area contributed by atoms with E-state index in [1.165, 1.54) is 11.1 Å². The Balaban J connectivity index is 1.85. The van der Waals surface area contributed by atoms with Gasteiger partial charge in [0.25, 0.3) is 0 Å². The van der Waals surface area contributed by atoms with Gasteiger partial charge in [0.1, 0.15) is 0 Å². The highest BCUT2D eigenvalue weighted by Gasteiger charge is 2.25. The molecule has 1 aliphatic rings. The second-order valence-electron chi connectivity index (χ2n) is 6.45. The van der Waals surface area contributed by atoms with Crippen molar-refractivity contribution in [2.45, 2.75) is 45.4 Å². The Hall–Kier alpha value is -0.910. The van der Waals surface area contributed by atoms with Crippen molar-refractivity contribution in [3.8, 4) is 0 Å². The maximum Gasteiger partial charge on any atom is 0.213 e. The Morgan fingerprint density at radius 1 is 1.27 bits per heavy atom. The van der Waals surface area contributed by atoms with Gasteiger partial charge in [-0.25, -0.2) is 13.1 Å². The Morgan fingerprint density at radius 2 is 1.95 bits per heavy atom. The first-order valence-electron chi connectivity index (χ1n) is 8.20. The van der Waals surface area contributed by atoms with E-state index >= 15 is 0 Å². The number of benzene rings is 1. The van der Waals surface area contributed by atoms with Crippen LogP contribution in [-0.4, -0.2) is 38.2 Å². The number of hydrogen-bond donors (Lipinski definition) is 1. The average molecular weight is 324 g/mol. The maximum atomic E-state index is 11.8. The lowest BCUT2D eigenvalue weighted by molar-refractivity contribution is 0.315. The monoisotopic (exact) mass is 324 g/mol. The third-order valence-corrected chi connectivity index (χ3v) is 6.27. The van der Waals surface area contributed by atoms with Crippen molar-refractivity contribution in [1.29, 1.82) is 0 Å². The lowest BCUT2D eigenvalue weighted by Crippen LogP contribution is -2.35. The van der Waals surface area contributed by atoms with Crippen LogP contribution in [0.5, 0.6) is 0 Å². The zero-order valence-electron chi connectivity index (χ0n) is 13.9. The molecule has 1 heterocycles. The van der Waals surface area contributed by atoms with Gasteiger partial charge < -0.3 is 0 Å². The van der Waals surface area contributed by atoms with Gasteiger partial charge in [-0.3, -0.25) is 4.90 Å². The molecule has 1 saturated heterocycles. The van der Waals surface area contributed by atoms with E-state index < -0.39 is 10.0 Å². The summed E-state index contributed by atoms with van der Waals surface area (Å²) in [7, 11) is -3.14. The summed E-state index contributed by atoms with van der Waals surface area (Å²) < 4.78 is 26.4. The highest BCUT2D eigenvalue weighted by molar-refractivity contribution is 7.90. The van der Waals surface area contributed by atoms with Gasteiger partial charge in [-0.05, 0) is 50.3 Å². The van der Waals surface area contributed by atoms with E-state index in [9.17, 15) is 8.42 Å². The van der Waals surface area contributed by atoms with Crippen LogP contribution in [0.3, 0.4) is 0 Å². The molecule has 1 fully saturated rings. The lowest BCUT2D eigenvalue weighted by atomic mass is 10.1. The SMILES string of the molecule is CCc1ccccc1CN1CC[C@H](CNS(=O)(=O)C(C)C)C1. The second-order valence-corrected chi connectivity index (χ2v) is 8.78. The Morgan fingerprint density at radius 3 is 2.59 bits per heavy atom. The molecule has 0 aromatic heterocycles. The summed E-state index contributed by atoms with van der Waals surface area (Å²) in [6.45, 7) is 9.16. The first-order chi connectivity index (χ1) is 10.4. The van der Waals surface area contributed by atoms with Crippen molar-refractivity contribution in [3.63, 3.8) is 0 Å². The van der Waals surface area contributed by atoms with Crippen LogP contribution in [0, 0.1) is 5.92 Å². The van der Waals surface area contributed by atoms with E-state index in [-0.39, 0.29) is 5.25 Å². The van der Waals surface area contributed by atoms with Crippen LogP contribution < -0.4 is 4.72 Å². The number of hydrogen-bond acceptors (Lipinski definition) is 3. The fourth-order valence-corrected chi connectivity index (χ4v) is 3.72. The average Bonchev–Trinajstić information content (AvgIpc) is 2.93. The Labute approximate surface area is 135 Å². The first kappa shape index (κ1) is 17.4. The fraction of sp³-hybridized carbons (Fsp3) is 0.647. The van der Waals surface area contributed by atoms with Crippen molar-refractivity contribution in [2.75, 3.05) is 19.6 Å². The minimum Gasteiger partial charge on any atom is -0.299 e. The van der Waals surface area contributed by atoms with E-state index in [0.29, 0.717) is 12.5 Å². The number of likely N-dealkylation sites (tertiary alicyclic amines) is 1. The van der Waals surface area contributed by atoms with E-state index in [2.05, 4.69) is 40.8 Å². The minimum absolute atomic E-state index is 0.360. The third-order valence-electron chi connectivity index (χ3n) is 4.46. The molecule has 124 valence electrons. The van der Waals surface area contributed by atoms with Gasteiger partial charge in [0, 0.05) is 19.6 Å². The predicted octanol–water partition coefficient (Wildman–Crippen LogP) is 2.40. The summed E-state index contributed by atoms with van der Waals surface area (Å²) >= 11 is 0. The molecular weight excluding hydrogens is 296 g/mol. The van der Waals surface area contributed by atoms with Gasteiger partial charge in [0.2, 0.25) is 10.0 Å². The van der Waals surface area contributed by atoms with Crippen molar-refractivity contribution in [3.05, 3.63) is 35.4 Å². The number of nitrogens with one attached hydrogen (secondary N) is 1. The molecule has 0 radical (unpaired) electrons. The molecule has 1 atom stereocenters. The largest absolute Gasteiger partial charge is 0.299 e. The van der Waals surface area contributed by atoms with Crippen molar-refractivity contribution in [2.24, 2.45) is 5.92 Å². The van der Waals surface area contributed by atoms with E-state index in [1.54, 1.807) is 13.8 Å². The number of aryl methyl sites for hydroxylation is 1. The Kier molecular flexibility index (Phi) is 6.01. The normalized spacial score (nSPS) is 19.9. The summed E-state index contributed by atoms with van der Waals surface area (Å²) in [5, 5.41) is -0.360. The summed E-state index contributed by atoms with van der Waals surface area (Å²) in [4.78, 5) is 2.43. The molecule has 0 bridgehead atoms. The summed E-state index contributed by atoms with van der Waals surface area (Å²) in [5.74, 6) is 0.419. The van der Waals surface area contributed by atoms with Gasteiger partial charge >= 0.3 is 0 Å². The maximum absolute atomic E-state index is 11.8. The second kappa shape index (κ2) is 7.57. The topological polar surface area (TPSA) is 49.4 Å². The molecule has 0 saturated carbocycles. The number of nitrogens with zero attached hydrogens (tertiary/aromatic N) is 1. The van der Waals surface area contributed by atoms with E-state index in [1.807, 2.05) is 0 Å². The molecule has 2 rings (SSSR count). The standard InChI is InChI=1S/C17H28N2O2S/c1-4-16-7-5-6-8-17(16)13-19-10-9-15(12-19)11-18-22(20,21)14(2)3/h5-8,14-15,18H,4,9-13H2,1-3H3/t15-/m1/s1. The molecule has 0 unspecified atom stereocenters. The molecule has 0 aliphatic carbocycles. The summed E-state index contributed by atoms with van der Waals surface area (Å²) in [6.07, 6.45) is 2.12.